The summed E-state index contributed by atoms with van der Waals surface area (Å²) in [5, 5.41) is 2.14. The maximum absolute atomic E-state index is 14.0. The van der Waals surface area contributed by atoms with Crippen LogP contribution in [0.1, 0.15) is 12.8 Å². The van der Waals surface area contributed by atoms with Crippen LogP contribution in [0.15, 0.2) is 0 Å². The van der Waals surface area contributed by atoms with Crippen LogP contribution in [-0.2, 0) is 4.79 Å². The molecule has 0 heterocycles. The number of thioether (sulfide) groups is 1. The first-order valence-corrected chi connectivity index (χ1v) is 13.9. The van der Waals surface area contributed by atoms with Crippen molar-refractivity contribution in [1.29, 1.82) is 0 Å². The van der Waals surface area contributed by atoms with Gasteiger partial charge in [0, 0.05) is 19.4 Å². The zero-order valence-electron chi connectivity index (χ0n) is 25.0. The molecule has 51 heavy (non-hydrogen) atoms. The molecule has 0 bridgehead atoms. The Morgan fingerprint density at radius 1 is 0.490 bits per heavy atom. The molecule has 0 aromatic heterocycles. The van der Waals surface area contributed by atoms with E-state index in [2.05, 4.69) is 5.32 Å². The highest BCUT2D eigenvalue weighted by molar-refractivity contribution is 7.99. The van der Waals surface area contributed by atoms with Gasteiger partial charge in [-0.25, -0.2) is 0 Å². The number of amides is 1. The van der Waals surface area contributed by atoms with Gasteiger partial charge in [0.15, 0.2) is 0 Å². The number of rotatable bonds is 19. The average Bonchev–Trinajstić information content (AvgIpc) is 2.91. The number of hydrogen-bond acceptors (Lipinski definition) is 2. The zero-order valence-corrected chi connectivity index (χ0v) is 25.8. The molecule has 306 valence electrons. The topological polar surface area (TPSA) is 29.1 Å². The van der Waals surface area contributed by atoms with Crippen LogP contribution in [0.2, 0.25) is 0 Å². The Bertz CT molecular complexity index is 1210. The predicted molar refractivity (Wildman–Crippen MR) is 123 cm³/mol. The Hall–Kier alpha value is -1.97. The summed E-state index contributed by atoms with van der Waals surface area (Å²) in [6.45, 7) is 0.371. The predicted octanol–water partition coefficient (Wildman–Crippen LogP) is 8.87. The molecule has 1 N–H and O–H groups in total. The van der Waals surface area contributed by atoms with Crippen LogP contribution >= 0.6 is 11.8 Å². The first-order valence-electron chi connectivity index (χ1n) is 12.7. The number of halogens is 25. The molecule has 0 aliphatic carbocycles. The summed E-state index contributed by atoms with van der Waals surface area (Å²) in [6.07, 6.45) is -10.8. The molecule has 0 aromatic carbocycles. The molecule has 0 rings (SSSR count). The average molecular weight is 837 g/mol. The maximum atomic E-state index is 14.0. The molecule has 29 heteroatoms. The molecule has 0 aliphatic heterocycles. The molecule has 3 nitrogen and oxygen atoms in total. The van der Waals surface area contributed by atoms with Crippen LogP contribution in [0.25, 0.3) is 0 Å². The van der Waals surface area contributed by atoms with E-state index in [9.17, 15) is 115 Å². The number of hydrogen-bond donors (Lipinski definition) is 1. The summed E-state index contributed by atoms with van der Waals surface area (Å²) in [5.74, 6) is -102. The molecule has 0 saturated heterocycles. The first-order chi connectivity index (χ1) is 21.9. The van der Waals surface area contributed by atoms with Gasteiger partial charge in [0.2, 0.25) is 5.91 Å². The molecule has 0 unspecified atom stereocenters. The zero-order chi connectivity index (χ0) is 41.7. The molecule has 0 radical (unpaired) electrons. The Balaban J connectivity index is 6.51. The van der Waals surface area contributed by atoms with E-state index >= 15 is 0 Å². The van der Waals surface area contributed by atoms with Crippen molar-refractivity contribution in [3.8, 4) is 0 Å². The summed E-state index contributed by atoms with van der Waals surface area (Å²) in [4.78, 5) is 11.6. The molecule has 0 aliphatic rings. The fraction of sp³-hybridized carbons (Fsp3) is 0.955. The lowest BCUT2D eigenvalue weighted by atomic mass is 9.84. The standard InChI is InChI=1S/C22H21F25N2OS/c1-49(2,3)7-4-6-48-10(50)9-51-8-5-11(23,24)12(25,26)13(27,28)14(29,30)15(31,32)16(33,34)17(35,36)18(37,38)19(39,40)20(41,42)21(43,44)22(45,46)47/h4-9H2,1-3H3/p+1. The third-order valence-electron chi connectivity index (χ3n) is 6.49. The first kappa shape index (κ1) is 49.0. The normalized spacial score (nSPS) is 16.1. The van der Waals surface area contributed by atoms with Crippen molar-refractivity contribution in [2.45, 2.75) is 84.2 Å². The second-order valence-corrected chi connectivity index (χ2v) is 12.6. The van der Waals surface area contributed by atoms with E-state index in [4.69, 9.17) is 0 Å². The van der Waals surface area contributed by atoms with Crippen LogP contribution in [0, 0.1) is 0 Å². The van der Waals surface area contributed by atoms with Gasteiger partial charge in [-0.15, -0.1) is 0 Å². The Morgan fingerprint density at radius 2 is 0.784 bits per heavy atom. The summed E-state index contributed by atoms with van der Waals surface area (Å²) >= 11 is -0.159. The number of quaternary nitrogens is 1. The summed E-state index contributed by atoms with van der Waals surface area (Å²) in [6, 6.07) is 0. The second-order valence-electron chi connectivity index (χ2n) is 11.5. The van der Waals surface area contributed by atoms with E-state index in [1.807, 2.05) is 0 Å². The van der Waals surface area contributed by atoms with E-state index in [1.165, 1.54) is 0 Å². The lowest BCUT2D eigenvalue weighted by Gasteiger charge is -2.45. The third-order valence-corrected chi connectivity index (χ3v) is 7.44. The fourth-order valence-electron chi connectivity index (χ4n) is 3.34. The van der Waals surface area contributed by atoms with E-state index < -0.39 is 95.2 Å². The van der Waals surface area contributed by atoms with Gasteiger partial charge in [-0.2, -0.15) is 122 Å². The Kier molecular flexibility index (Phi) is 13.5. The van der Waals surface area contributed by atoms with Gasteiger partial charge in [-0.3, -0.25) is 4.79 Å². The SMILES string of the molecule is C[N+](C)(C)CCCNC(=O)CSCCC(F)(F)C(F)(F)C(F)(F)C(F)(F)C(F)(F)C(F)(F)C(F)(F)C(F)(F)C(F)(F)C(F)(F)C(F)(F)C(F)(F)F. The molecule has 1 amide bonds. The smallest absolute Gasteiger partial charge is 0.355 e. The molecule has 0 spiro atoms. The highest BCUT2D eigenvalue weighted by Crippen LogP contribution is 2.67. The van der Waals surface area contributed by atoms with Crippen molar-refractivity contribution in [3.63, 3.8) is 0 Å². The van der Waals surface area contributed by atoms with E-state index in [0.717, 1.165) is 0 Å². The van der Waals surface area contributed by atoms with Crippen molar-refractivity contribution in [2.75, 3.05) is 45.7 Å². The lowest BCUT2D eigenvalue weighted by molar-refractivity contribution is -0.870. The van der Waals surface area contributed by atoms with Crippen LogP contribution in [0.5, 0.6) is 0 Å². The monoisotopic (exact) mass is 837 g/mol. The quantitative estimate of drug-likeness (QED) is 0.0801. The van der Waals surface area contributed by atoms with Gasteiger partial charge in [-0.1, -0.05) is 0 Å². The summed E-state index contributed by atoms with van der Waals surface area (Å²) in [7, 11) is 5.16. The largest absolute Gasteiger partial charge is 0.460 e. The minimum Gasteiger partial charge on any atom is -0.355 e. The summed E-state index contributed by atoms with van der Waals surface area (Å²) < 4.78 is 338. The fourth-order valence-corrected chi connectivity index (χ4v) is 4.17. The van der Waals surface area contributed by atoms with Crippen LogP contribution < -0.4 is 5.32 Å². The van der Waals surface area contributed by atoms with Gasteiger partial charge in [-0.05, 0) is 5.75 Å². The van der Waals surface area contributed by atoms with Crippen LogP contribution in [0.3, 0.4) is 0 Å². The lowest BCUT2D eigenvalue weighted by Crippen LogP contribution is -2.78. The third kappa shape index (κ3) is 7.97. The minimum absolute atomic E-state index is 0.0750. The highest BCUT2D eigenvalue weighted by Gasteiger charge is 2.99. The molecule has 0 atom stereocenters. The van der Waals surface area contributed by atoms with Gasteiger partial charge in [0.05, 0.1) is 33.4 Å². The number of carbonyl (C=O) groups excluding carboxylic acids is 1. The van der Waals surface area contributed by atoms with Gasteiger partial charge < -0.3 is 9.80 Å². The molecular weight excluding hydrogens is 815 g/mol. The van der Waals surface area contributed by atoms with Gasteiger partial charge in [0.25, 0.3) is 0 Å². The number of nitrogens with one attached hydrogen (secondary N) is 1. The molecule has 0 aromatic rings. The van der Waals surface area contributed by atoms with E-state index in [0.29, 0.717) is 17.4 Å². The highest BCUT2D eigenvalue weighted by atomic mass is 32.2. The van der Waals surface area contributed by atoms with E-state index in [-0.39, 0.29) is 18.3 Å². The minimum atomic E-state index is -9.61. The van der Waals surface area contributed by atoms with Crippen molar-refractivity contribution < 1.29 is 119 Å². The number of carbonyl (C=O) groups is 1. The molecule has 0 saturated carbocycles. The van der Waals surface area contributed by atoms with Gasteiger partial charge in [0.1, 0.15) is 0 Å². The van der Waals surface area contributed by atoms with Crippen molar-refractivity contribution in [2.24, 2.45) is 0 Å². The van der Waals surface area contributed by atoms with Crippen molar-refractivity contribution in [3.05, 3.63) is 0 Å². The molecule has 0 fully saturated rings. The molecular formula is C22H22F25N2OS+. The maximum Gasteiger partial charge on any atom is 0.460 e. The van der Waals surface area contributed by atoms with Crippen LogP contribution in [-0.4, -0.2) is 127 Å². The summed E-state index contributed by atoms with van der Waals surface area (Å²) in [5.41, 5.74) is 0. The van der Waals surface area contributed by atoms with Gasteiger partial charge >= 0.3 is 71.3 Å². The number of nitrogens with zero attached hydrogens (tertiary/aromatic N) is 1. The van der Waals surface area contributed by atoms with Crippen molar-refractivity contribution >= 4 is 17.7 Å². The van der Waals surface area contributed by atoms with Crippen molar-refractivity contribution in [1.82, 2.24) is 5.32 Å². The van der Waals surface area contributed by atoms with Crippen LogP contribution in [0.4, 0.5) is 110 Å². The van der Waals surface area contributed by atoms with E-state index in [1.54, 1.807) is 21.1 Å². The Morgan fingerprint density at radius 3 is 1.08 bits per heavy atom. The Labute approximate surface area is 272 Å². The second kappa shape index (κ2) is 14.0. The number of alkyl halides is 25.